The summed E-state index contributed by atoms with van der Waals surface area (Å²) < 4.78 is 10.2. The van der Waals surface area contributed by atoms with Gasteiger partial charge < -0.3 is 9.47 Å². The molecule has 0 aliphatic heterocycles. The van der Waals surface area contributed by atoms with Crippen molar-refractivity contribution in [1.82, 2.24) is 0 Å². The molecule has 0 saturated heterocycles. The van der Waals surface area contributed by atoms with E-state index < -0.39 is 0 Å². The fourth-order valence-corrected chi connectivity index (χ4v) is 1.43. The van der Waals surface area contributed by atoms with E-state index in [0.29, 0.717) is 0 Å². The smallest absolute Gasteiger partial charge is 0.119 e. The number of para-hydroxylation sites is 1. The highest BCUT2D eigenvalue weighted by atomic mass is 16.5. The minimum absolute atomic E-state index is 0.740. The Bertz CT molecular complexity index is 438. The number of hydrogen-bond donors (Lipinski definition) is 0. The van der Waals surface area contributed by atoms with Gasteiger partial charge in [-0.3, -0.25) is 0 Å². The Hall–Kier alpha value is -1.96. The van der Waals surface area contributed by atoms with Crippen LogP contribution in [-0.2, 0) is 0 Å². The summed E-state index contributed by atoms with van der Waals surface area (Å²) in [5.41, 5.74) is 1.23. The van der Waals surface area contributed by atoms with Gasteiger partial charge in [0.2, 0.25) is 0 Å². The highest BCUT2D eigenvalue weighted by molar-refractivity contribution is 5.27. The van der Waals surface area contributed by atoms with E-state index in [1.54, 1.807) is 7.11 Å². The van der Waals surface area contributed by atoms with Crippen LogP contribution in [0.2, 0.25) is 0 Å². The van der Waals surface area contributed by atoms with Crippen LogP contribution in [0.15, 0.2) is 54.6 Å². The van der Waals surface area contributed by atoms with Crippen LogP contribution in [-0.4, -0.2) is 13.7 Å². The quantitative estimate of drug-likeness (QED) is 0.809. The fraction of sp³-hybridized carbons (Fsp3) is 0.250. The van der Waals surface area contributed by atoms with E-state index in [9.17, 15) is 0 Å². The summed E-state index contributed by atoms with van der Waals surface area (Å²) in [7, 11) is 1.68. The standard InChI is InChI=1S/2C8H10O/c1-7-4-3-5-8(6-7)9-2;1-2-9-8-6-4-3-5-7-8/h3-6H,1-2H3;3-7H,2H2,1H3. The van der Waals surface area contributed by atoms with Crippen LogP contribution in [0.5, 0.6) is 11.5 Å². The molecule has 2 heteroatoms. The first-order valence-corrected chi connectivity index (χ1v) is 6.04. The molecule has 0 aliphatic rings. The van der Waals surface area contributed by atoms with E-state index in [4.69, 9.17) is 9.47 Å². The van der Waals surface area contributed by atoms with Gasteiger partial charge in [0, 0.05) is 0 Å². The van der Waals surface area contributed by atoms with Gasteiger partial charge in [-0.05, 0) is 43.7 Å². The van der Waals surface area contributed by atoms with Crippen LogP contribution in [0, 0.1) is 6.92 Å². The predicted octanol–water partition coefficient (Wildman–Crippen LogP) is 4.09. The van der Waals surface area contributed by atoms with Crippen LogP contribution in [0.1, 0.15) is 12.5 Å². The maximum atomic E-state index is 5.21. The van der Waals surface area contributed by atoms with E-state index >= 15 is 0 Å². The lowest BCUT2D eigenvalue weighted by Crippen LogP contribution is -1.89. The summed E-state index contributed by atoms with van der Waals surface area (Å²) in [5, 5.41) is 0. The summed E-state index contributed by atoms with van der Waals surface area (Å²) in [6.45, 7) is 4.76. The number of rotatable bonds is 3. The van der Waals surface area contributed by atoms with Gasteiger partial charge in [0.15, 0.2) is 0 Å². The summed E-state index contributed by atoms with van der Waals surface area (Å²) >= 11 is 0. The van der Waals surface area contributed by atoms with Gasteiger partial charge in [-0.1, -0.05) is 30.3 Å². The van der Waals surface area contributed by atoms with Crippen LogP contribution < -0.4 is 9.47 Å². The number of aryl methyl sites for hydroxylation is 1. The lowest BCUT2D eigenvalue weighted by atomic mass is 10.2. The number of benzene rings is 2. The third kappa shape index (κ3) is 5.39. The molecule has 0 heterocycles. The Labute approximate surface area is 109 Å². The van der Waals surface area contributed by atoms with Gasteiger partial charge in [0.25, 0.3) is 0 Å². The molecule has 0 N–H and O–H groups in total. The summed E-state index contributed by atoms with van der Waals surface area (Å²) in [6.07, 6.45) is 0. The Morgan fingerprint density at radius 3 is 2.06 bits per heavy atom. The Balaban J connectivity index is 0.000000180. The Kier molecular flexibility index (Phi) is 6.41. The van der Waals surface area contributed by atoms with Gasteiger partial charge in [-0.2, -0.15) is 0 Å². The molecule has 96 valence electrons. The molecule has 2 aromatic carbocycles. The molecule has 0 aliphatic carbocycles. The number of methoxy groups -OCH3 is 1. The highest BCUT2D eigenvalue weighted by Gasteiger charge is 1.86. The first-order valence-electron chi connectivity index (χ1n) is 6.04. The summed E-state index contributed by atoms with van der Waals surface area (Å²) in [5.74, 6) is 1.87. The Morgan fingerprint density at radius 2 is 1.56 bits per heavy atom. The summed E-state index contributed by atoms with van der Waals surface area (Å²) in [6, 6.07) is 17.8. The van der Waals surface area contributed by atoms with Crippen molar-refractivity contribution in [2.24, 2.45) is 0 Å². The SMILES string of the molecule is CCOc1ccccc1.COc1cccc(C)c1. The first kappa shape index (κ1) is 14.1. The summed E-state index contributed by atoms with van der Waals surface area (Å²) in [4.78, 5) is 0. The molecule has 2 aromatic rings. The minimum Gasteiger partial charge on any atom is -0.497 e. The van der Waals surface area contributed by atoms with E-state index in [0.717, 1.165) is 18.1 Å². The molecule has 0 amide bonds. The van der Waals surface area contributed by atoms with Crippen molar-refractivity contribution in [2.45, 2.75) is 13.8 Å². The number of ether oxygens (including phenoxy) is 2. The van der Waals surface area contributed by atoms with Crippen molar-refractivity contribution >= 4 is 0 Å². The first-order chi connectivity index (χ1) is 8.76. The monoisotopic (exact) mass is 244 g/mol. The van der Waals surface area contributed by atoms with Gasteiger partial charge in [-0.25, -0.2) is 0 Å². The largest absolute Gasteiger partial charge is 0.497 e. The zero-order valence-electron chi connectivity index (χ0n) is 11.2. The van der Waals surface area contributed by atoms with Crippen molar-refractivity contribution in [3.8, 4) is 11.5 Å². The molecule has 18 heavy (non-hydrogen) atoms. The van der Waals surface area contributed by atoms with Gasteiger partial charge >= 0.3 is 0 Å². The van der Waals surface area contributed by atoms with E-state index in [1.165, 1.54) is 5.56 Å². The van der Waals surface area contributed by atoms with Crippen molar-refractivity contribution in [1.29, 1.82) is 0 Å². The number of hydrogen-bond acceptors (Lipinski definition) is 2. The second kappa shape index (κ2) is 8.18. The molecule has 0 bridgehead atoms. The van der Waals surface area contributed by atoms with E-state index in [2.05, 4.69) is 0 Å². The van der Waals surface area contributed by atoms with Crippen molar-refractivity contribution < 1.29 is 9.47 Å². The molecule has 2 rings (SSSR count). The maximum absolute atomic E-state index is 5.21. The van der Waals surface area contributed by atoms with E-state index in [-0.39, 0.29) is 0 Å². The van der Waals surface area contributed by atoms with E-state index in [1.807, 2.05) is 68.4 Å². The van der Waals surface area contributed by atoms with Gasteiger partial charge in [0.1, 0.15) is 11.5 Å². The average molecular weight is 244 g/mol. The van der Waals surface area contributed by atoms with Crippen molar-refractivity contribution in [3.05, 3.63) is 60.2 Å². The highest BCUT2D eigenvalue weighted by Crippen LogP contribution is 2.10. The van der Waals surface area contributed by atoms with Gasteiger partial charge in [-0.15, -0.1) is 0 Å². The lowest BCUT2D eigenvalue weighted by Gasteiger charge is -1.99. The second-order valence-corrected chi connectivity index (χ2v) is 3.77. The molecule has 2 nitrogen and oxygen atoms in total. The molecule has 0 radical (unpaired) electrons. The third-order valence-electron chi connectivity index (χ3n) is 2.28. The van der Waals surface area contributed by atoms with Crippen LogP contribution >= 0.6 is 0 Å². The molecule has 0 aromatic heterocycles. The van der Waals surface area contributed by atoms with Gasteiger partial charge in [0.05, 0.1) is 13.7 Å². The predicted molar refractivity (Wildman–Crippen MR) is 75.3 cm³/mol. The second-order valence-electron chi connectivity index (χ2n) is 3.77. The van der Waals surface area contributed by atoms with Crippen LogP contribution in [0.25, 0.3) is 0 Å². The molecule has 0 atom stereocenters. The maximum Gasteiger partial charge on any atom is 0.119 e. The van der Waals surface area contributed by atoms with Crippen LogP contribution in [0.3, 0.4) is 0 Å². The van der Waals surface area contributed by atoms with Crippen molar-refractivity contribution in [2.75, 3.05) is 13.7 Å². The lowest BCUT2D eigenvalue weighted by molar-refractivity contribution is 0.340. The zero-order chi connectivity index (χ0) is 13.2. The molecule has 0 unspecified atom stereocenters. The average Bonchev–Trinajstić information content (AvgIpc) is 2.41. The molecular formula is C16H20O2. The van der Waals surface area contributed by atoms with Crippen molar-refractivity contribution in [3.63, 3.8) is 0 Å². The molecule has 0 fully saturated rings. The topological polar surface area (TPSA) is 18.5 Å². The zero-order valence-corrected chi connectivity index (χ0v) is 11.2. The Morgan fingerprint density at radius 1 is 0.889 bits per heavy atom. The molecular weight excluding hydrogens is 224 g/mol. The third-order valence-corrected chi connectivity index (χ3v) is 2.28. The normalized spacial score (nSPS) is 9.06. The molecule has 0 spiro atoms. The fourth-order valence-electron chi connectivity index (χ4n) is 1.43. The molecule has 0 saturated carbocycles. The van der Waals surface area contributed by atoms with Crippen LogP contribution in [0.4, 0.5) is 0 Å². The minimum atomic E-state index is 0.740.